The van der Waals surface area contributed by atoms with Crippen molar-refractivity contribution in [3.8, 4) is 0 Å². The average Bonchev–Trinajstić information content (AvgIpc) is 2.23. The van der Waals surface area contributed by atoms with Gasteiger partial charge < -0.3 is 5.32 Å². The molecule has 4 heteroatoms. The predicted octanol–water partition coefficient (Wildman–Crippen LogP) is 3.53. The van der Waals surface area contributed by atoms with Gasteiger partial charge in [0.05, 0.1) is 0 Å². The largest absolute Gasteiger partial charge is 0.379 e. The van der Waals surface area contributed by atoms with Gasteiger partial charge in [0.2, 0.25) is 0 Å². The van der Waals surface area contributed by atoms with E-state index >= 15 is 0 Å². The van der Waals surface area contributed by atoms with Gasteiger partial charge in [-0.2, -0.15) is 0 Å². The van der Waals surface area contributed by atoms with Crippen molar-refractivity contribution in [1.82, 2.24) is 5.32 Å². The molecule has 2 nitrogen and oxygen atoms in total. The Morgan fingerprint density at radius 1 is 1.40 bits per heavy atom. The maximum absolute atomic E-state index is 11.3. The summed E-state index contributed by atoms with van der Waals surface area (Å²) in [5, 5.41) is 3.33. The topological polar surface area (TPSA) is 29.1 Å². The molecule has 0 atom stereocenters. The number of carbonyl (C=O) groups is 1. The first kappa shape index (κ1) is 14.7. The van der Waals surface area contributed by atoms with Crippen molar-refractivity contribution in [1.29, 1.82) is 0 Å². The third-order valence-electron chi connectivity index (χ3n) is 1.95. The molecule has 0 aliphatic carbocycles. The Bertz CT molecular complexity index is 342. The summed E-state index contributed by atoms with van der Waals surface area (Å²) in [5.41, 5.74) is 1.58. The van der Waals surface area contributed by atoms with Crippen LogP contribution in [0.25, 0.3) is 0 Å². The van der Waals surface area contributed by atoms with Crippen molar-refractivity contribution >= 4 is 40.0 Å². The van der Waals surface area contributed by atoms with Gasteiger partial charge in [0.25, 0.3) is 0 Å². The Kier molecular flexibility index (Phi) is 6.92. The van der Waals surface area contributed by atoms with E-state index in [2.05, 4.69) is 27.9 Å². The number of hydrogen-bond acceptors (Lipinski definition) is 2. The second-order valence-electron chi connectivity index (χ2n) is 2.97. The lowest BCUT2D eigenvalue weighted by molar-refractivity contribution is -0.113. The second kappa shape index (κ2) is 7.06. The highest BCUT2D eigenvalue weighted by atomic mass is 127. The van der Waals surface area contributed by atoms with E-state index in [9.17, 15) is 4.79 Å². The maximum atomic E-state index is 11.3. The number of hydrogen-bond donors (Lipinski definition) is 1. The van der Waals surface area contributed by atoms with E-state index in [1.807, 2.05) is 13.0 Å². The molecule has 0 aromatic rings. The smallest absolute Gasteiger partial charge is 0.156 e. The van der Waals surface area contributed by atoms with Gasteiger partial charge in [-0.1, -0.05) is 17.7 Å². The molecular formula is C11H15ClINO. The van der Waals surface area contributed by atoms with E-state index in [0.29, 0.717) is 10.7 Å². The minimum atomic E-state index is 0.0536. The number of ketones is 1. The molecular weight excluding hydrogens is 324 g/mol. The van der Waals surface area contributed by atoms with Crippen molar-refractivity contribution < 1.29 is 4.79 Å². The molecule has 0 aromatic carbocycles. The Balaban J connectivity index is 5.45. The average molecular weight is 340 g/mol. The molecule has 0 saturated heterocycles. The summed E-state index contributed by atoms with van der Waals surface area (Å²) < 4.78 is 1.01. The van der Waals surface area contributed by atoms with Gasteiger partial charge in [0.15, 0.2) is 5.78 Å². The lowest BCUT2D eigenvalue weighted by atomic mass is 10.1. The van der Waals surface area contributed by atoms with E-state index in [0.717, 1.165) is 9.15 Å². The number of halogens is 2. The number of carbonyl (C=O) groups excluding carboxylic acids is 1. The Morgan fingerprint density at radius 2 is 1.93 bits per heavy atom. The summed E-state index contributed by atoms with van der Waals surface area (Å²) in [5.74, 6) is 0.0536. The standard InChI is InChI=1S/C11H15ClINO/c1-5-10(13)9(6-11(12)14-4)7(2)8(3)15/h5-6,14H,1-4H3/b9-7?,10-5+,11-6-. The number of Topliss-reactive ketones (excluding diaryl/α,β-unsaturated/α-hetero) is 1. The molecule has 0 saturated carbocycles. The lowest BCUT2D eigenvalue weighted by Crippen LogP contribution is -2.02. The van der Waals surface area contributed by atoms with E-state index < -0.39 is 0 Å². The van der Waals surface area contributed by atoms with Crippen LogP contribution in [0.5, 0.6) is 0 Å². The molecule has 0 rings (SSSR count). The molecule has 0 spiro atoms. The van der Waals surface area contributed by atoms with Crippen LogP contribution in [-0.4, -0.2) is 12.8 Å². The van der Waals surface area contributed by atoms with Crippen LogP contribution in [0.1, 0.15) is 20.8 Å². The minimum Gasteiger partial charge on any atom is -0.379 e. The first-order valence-electron chi connectivity index (χ1n) is 4.53. The van der Waals surface area contributed by atoms with E-state index in [4.69, 9.17) is 11.6 Å². The van der Waals surface area contributed by atoms with Crippen molar-refractivity contribution in [2.24, 2.45) is 0 Å². The first-order chi connectivity index (χ1) is 6.93. The quantitative estimate of drug-likeness (QED) is 0.367. The molecule has 15 heavy (non-hydrogen) atoms. The summed E-state index contributed by atoms with van der Waals surface area (Å²) in [6, 6.07) is 0. The van der Waals surface area contributed by atoms with Crippen LogP contribution >= 0.6 is 34.2 Å². The van der Waals surface area contributed by atoms with Gasteiger partial charge >= 0.3 is 0 Å². The number of rotatable bonds is 4. The van der Waals surface area contributed by atoms with E-state index in [-0.39, 0.29) is 5.78 Å². The Hall–Kier alpha value is -0.290. The van der Waals surface area contributed by atoms with Crippen LogP contribution in [0.3, 0.4) is 0 Å². The molecule has 0 unspecified atom stereocenters. The van der Waals surface area contributed by atoms with Gasteiger partial charge in [-0.25, -0.2) is 0 Å². The third kappa shape index (κ3) is 4.84. The van der Waals surface area contributed by atoms with E-state index in [1.54, 1.807) is 27.0 Å². The third-order valence-corrected chi connectivity index (χ3v) is 3.45. The molecule has 0 radical (unpaired) electrons. The first-order valence-corrected chi connectivity index (χ1v) is 5.98. The molecule has 1 N–H and O–H groups in total. The van der Waals surface area contributed by atoms with Crippen LogP contribution in [0.4, 0.5) is 0 Å². The van der Waals surface area contributed by atoms with Crippen molar-refractivity contribution in [3.05, 3.63) is 32.0 Å². The summed E-state index contributed by atoms with van der Waals surface area (Å²) in [6.07, 6.45) is 3.71. The van der Waals surface area contributed by atoms with Crippen LogP contribution in [0.2, 0.25) is 0 Å². The number of nitrogens with one attached hydrogen (secondary N) is 1. The minimum absolute atomic E-state index is 0.0536. The SMILES string of the molecule is C/C=C(/I)C(/C=C(/Cl)NC)=C(C)C(C)=O. The fraction of sp³-hybridized carbons (Fsp3) is 0.364. The Labute approximate surface area is 110 Å². The van der Waals surface area contributed by atoms with Gasteiger partial charge in [-0.15, -0.1) is 0 Å². The summed E-state index contributed by atoms with van der Waals surface area (Å²) in [6.45, 7) is 5.28. The molecule has 0 amide bonds. The molecule has 84 valence electrons. The van der Waals surface area contributed by atoms with Crippen LogP contribution in [0, 0.1) is 0 Å². The van der Waals surface area contributed by atoms with Gasteiger partial charge in [0, 0.05) is 16.2 Å². The highest BCUT2D eigenvalue weighted by Gasteiger charge is 2.07. The van der Waals surface area contributed by atoms with Crippen LogP contribution in [0.15, 0.2) is 32.0 Å². The molecule has 0 fully saturated rings. The van der Waals surface area contributed by atoms with Crippen LogP contribution in [-0.2, 0) is 4.79 Å². The second-order valence-corrected chi connectivity index (χ2v) is 4.54. The summed E-state index contributed by atoms with van der Waals surface area (Å²) in [7, 11) is 1.74. The van der Waals surface area contributed by atoms with Crippen LogP contribution < -0.4 is 5.32 Å². The van der Waals surface area contributed by atoms with Gasteiger partial charge in [-0.05, 0) is 55.0 Å². The fourth-order valence-electron chi connectivity index (χ4n) is 0.900. The normalized spacial score (nSPS) is 14.8. The fourth-order valence-corrected chi connectivity index (χ4v) is 1.57. The highest BCUT2D eigenvalue weighted by Crippen LogP contribution is 2.24. The zero-order valence-electron chi connectivity index (χ0n) is 9.32. The summed E-state index contributed by atoms with van der Waals surface area (Å²) >= 11 is 8.07. The maximum Gasteiger partial charge on any atom is 0.156 e. The predicted molar refractivity (Wildman–Crippen MR) is 74.2 cm³/mol. The molecule has 0 aromatic heterocycles. The van der Waals surface area contributed by atoms with E-state index in [1.165, 1.54) is 0 Å². The Morgan fingerprint density at radius 3 is 2.27 bits per heavy atom. The monoisotopic (exact) mass is 339 g/mol. The molecule has 0 aliphatic rings. The van der Waals surface area contributed by atoms with Gasteiger partial charge in [-0.3, -0.25) is 4.79 Å². The number of allylic oxidation sites excluding steroid dienone is 5. The van der Waals surface area contributed by atoms with Gasteiger partial charge in [0.1, 0.15) is 5.16 Å². The van der Waals surface area contributed by atoms with Crippen molar-refractivity contribution in [2.75, 3.05) is 7.05 Å². The zero-order valence-corrected chi connectivity index (χ0v) is 12.2. The molecule has 0 aliphatic heterocycles. The summed E-state index contributed by atoms with van der Waals surface area (Å²) in [4.78, 5) is 11.3. The highest BCUT2D eigenvalue weighted by molar-refractivity contribution is 14.1. The lowest BCUT2D eigenvalue weighted by Gasteiger charge is -2.06. The molecule has 0 bridgehead atoms. The van der Waals surface area contributed by atoms with Crippen molar-refractivity contribution in [2.45, 2.75) is 20.8 Å². The molecule has 0 heterocycles. The zero-order chi connectivity index (χ0) is 12.0. The van der Waals surface area contributed by atoms with Crippen molar-refractivity contribution in [3.63, 3.8) is 0 Å².